The summed E-state index contributed by atoms with van der Waals surface area (Å²) in [6, 6.07) is 6.77. The first-order valence-corrected chi connectivity index (χ1v) is 14.5. The van der Waals surface area contributed by atoms with Crippen LogP contribution in [0, 0.1) is 12.7 Å². The van der Waals surface area contributed by atoms with Crippen molar-refractivity contribution in [2.75, 3.05) is 22.9 Å². The van der Waals surface area contributed by atoms with E-state index in [0.717, 1.165) is 24.4 Å². The molecule has 2 saturated heterocycles. The largest absolute Gasteiger partial charge is 0.464 e. The molecule has 3 aromatic rings. The molecule has 2 fully saturated rings. The highest BCUT2D eigenvalue weighted by Crippen LogP contribution is 2.39. The van der Waals surface area contributed by atoms with E-state index >= 15 is 4.39 Å². The zero-order valence-corrected chi connectivity index (χ0v) is 23.4. The molecule has 5 rings (SSSR count). The lowest BCUT2D eigenvalue weighted by Gasteiger charge is -2.26. The molecule has 2 N–H and O–H groups in total. The number of thioether (sulfide) groups is 1. The van der Waals surface area contributed by atoms with Crippen LogP contribution in [0.25, 0.3) is 0 Å². The summed E-state index contributed by atoms with van der Waals surface area (Å²) in [7, 11) is 0. The van der Waals surface area contributed by atoms with Gasteiger partial charge in [0.05, 0.1) is 23.4 Å². The van der Waals surface area contributed by atoms with Crippen LogP contribution in [0.3, 0.4) is 0 Å². The fourth-order valence-electron chi connectivity index (χ4n) is 5.29. The van der Waals surface area contributed by atoms with Gasteiger partial charge in [-0.2, -0.15) is 11.8 Å². The number of likely N-dealkylation sites (tertiary alicyclic amines) is 1. The van der Waals surface area contributed by atoms with Crippen LogP contribution >= 0.6 is 11.8 Å². The number of nitrogens with zero attached hydrogens (tertiary/aromatic N) is 1. The summed E-state index contributed by atoms with van der Waals surface area (Å²) in [5.41, 5.74) is -1.85. The Kier molecular flexibility index (Phi) is 8.02. The molecule has 2 aliphatic rings. The number of hydrogen-bond donors (Lipinski definition) is 2. The Balaban J connectivity index is 1.39. The molecule has 3 atom stereocenters. The fraction of sp³-hybridized carbons (Fsp3) is 0.448. The molecule has 3 heterocycles. The molecule has 1 aromatic heterocycles. The van der Waals surface area contributed by atoms with Gasteiger partial charge in [-0.25, -0.2) is 9.18 Å². The van der Waals surface area contributed by atoms with E-state index in [1.54, 1.807) is 25.6 Å². The van der Waals surface area contributed by atoms with E-state index in [1.165, 1.54) is 23.1 Å². The lowest BCUT2D eigenvalue weighted by molar-refractivity contribution is -0.152. The number of ether oxygens (including phenoxy) is 1. The van der Waals surface area contributed by atoms with Crippen molar-refractivity contribution in [3.05, 3.63) is 73.7 Å². The van der Waals surface area contributed by atoms with Crippen LogP contribution in [0.4, 0.5) is 21.5 Å². The molecule has 9 nitrogen and oxygen atoms in total. The molecule has 2 aliphatic heterocycles. The molecule has 1 amide bonds. The summed E-state index contributed by atoms with van der Waals surface area (Å²) < 4.78 is 26.8. The van der Waals surface area contributed by atoms with Crippen LogP contribution in [-0.4, -0.2) is 46.5 Å². The Morgan fingerprint density at radius 1 is 1.10 bits per heavy atom. The molecule has 11 heteroatoms. The molecule has 0 saturated carbocycles. The third-order valence-corrected chi connectivity index (χ3v) is 8.70. The van der Waals surface area contributed by atoms with Crippen LogP contribution in [0.2, 0.25) is 0 Å². The van der Waals surface area contributed by atoms with E-state index < -0.39 is 34.6 Å². The first-order valence-electron chi connectivity index (χ1n) is 13.5. The first-order chi connectivity index (χ1) is 19.2. The number of furan rings is 1. The molecular formula is C29H32FN3O6S. The first kappa shape index (κ1) is 27.9. The highest BCUT2D eigenvalue weighted by molar-refractivity contribution is 8.00. The van der Waals surface area contributed by atoms with Gasteiger partial charge in [0.2, 0.25) is 0 Å². The van der Waals surface area contributed by atoms with Crippen molar-refractivity contribution in [2.45, 2.75) is 69.9 Å². The zero-order chi connectivity index (χ0) is 28.6. The fourth-order valence-corrected chi connectivity index (χ4v) is 6.65. The second kappa shape index (κ2) is 11.5. The Bertz CT molecular complexity index is 1490. The number of carbonyl (C=O) groups is 2. The number of hydrogen-bond acceptors (Lipinski definition) is 9. The van der Waals surface area contributed by atoms with Gasteiger partial charge in [-0.3, -0.25) is 14.4 Å². The highest BCUT2D eigenvalue weighted by atomic mass is 32.2. The molecule has 0 bridgehead atoms. The summed E-state index contributed by atoms with van der Waals surface area (Å²) in [6.45, 7) is 5.58. The minimum absolute atomic E-state index is 0.0590. The Labute approximate surface area is 235 Å². The summed E-state index contributed by atoms with van der Waals surface area (Å²) in [5, 5.41) is 6.08. The number of aryl methyl sites for hydroxylation is 1. The topological polar surface area (TPSA) is 118 Å². The summed E-state index contributed by atoms with van der Waals surface area (Å²) in [5.74, 6) is 0.341. The quantitative estimate of drug-likeness (QED) is 0.280. The van der Waals surface area contributed by atoms with Crippen LogP contribution in [0.1, 0.15) is 67.5 Å². The predicted molar refractivity (Wildman–Crippen MR) is 152 cm³/mol. The van der Waals surface area contributed by atoms with Crippen molar-refractivity contribution in [1.82, 2.24) is 4.90 Å². The standard InChI is InChI=1S/C29H32FN3O6S/c1-15(2)38-29(37)19-9-5-13-33(19)28(36)17-7-4-8-18(22(17)30)31-24-25(27(35)26(24)34)32-23(21-10-6-14-40-21)20-12-11-16(3)39-20/h4,7-8,11-12,15,19,21,23,31-32H,5-6,9-10,13-14H2,1-3H3. The van der Waals surface area contributed by atoms with E-state index in [4.69, 9.17) is 9.15 Å². The lowest BCUT2D eigenvalue weighted by Crippen LogP contribution is -2.42. The molecule has 0 radical (unpaired) electrons. The maximum Gasteiger partial charge on any atom is 0.329 e. The molecule has 3 unspecified atom stereocenters. The number of nitrogens with one attached hydrogen (secondary N) is 2. The van der Waals surface area contributed by atoms with Crippen molar-refractivity contribution >= 4 is 40.7 Å². The summed E-state index contributed by atoms with van der Waals surface area (Å²) >= 11 is 1.77. The normalized spacial score (nSPS) is 19.8. The number of carbonyl (C=O) groups excluding carboxylic acids is 2. The second-order valence-electron chi connectivity index (χ2n) is 10.5. The SMILES string of the molecule is Cc1ccc(C(Nc2c(Nc3cccc(C(=O)N4CCCC4C(=O)OC(C)C)c3F)c(=O)c2=O)C2CCCS2)o1. The third kappa shape index (κ3) is 5.39. The Morgan fingerprint density at radius 2 is 1.88 bits per heavy atom. The summed E-state index contributed by atoms with van der Waals surface area (Å²) in [6.07, 6.45) is 2.64. The van der Waals surface area contributed by atoms with Crippen LogP contribution in [0.15, 0.2) is 44.3 Å². The number of amides is 1. The number of anilines is 3. The predicted octanol–water partition coefficient (Wildman–Crippen LogP) is 4.67. The zero-order valence-electron chi connectivity index (χ0n) is 22.6. The van der Waals surface area contributed by atoms with Gasteiger partial charge < -0.3 is 24.7 Å². The van der Waals surface area contributed by atoms with E-state index in [9.17, 15) is 19.2 Å². The Morgan fingerprint density at radius 3 is 2.55 bits per heavy atom. The minimum atomic E-state index is -0.876. The summed E-state index contributed by atoms with van der Waals surface area (Å²) in [4.78, 5) is 52.4. The van der Waals surface area contributed by atoms with Crippen LogP contribution < -0.4 is 21.5 Å². The molecule has 0 aliphatic carbocycles. The smallest absolute Gasteiger partial charge is 0.329 e. The monoisotopic (exact) mass is 569 g/mol. The maximum atomic E-state index is 15.7. The minimum Gasteiger partial charge on any atom is -0.464 e. The van der Waals surface area contributed by atoms with Gasteiger partial charge in [0.1, 0.15) is 28.9 Å². The van der Waals surface area contributed by atoms with Crippen LogP contribution in [-0.2, 0) is 9.53 Å². The average molecular weight is 570 g/mol. The number of rotatable bonds is 9. The van der Waals surface area contributed by atoms with E-state index in [2.05, 4.69) is 10.6 Å². The van der Waals surface area contributed by atoms with E-state index in [0.29, 0.717) is 25.1 Å². The highest BCUT2D eigenvalue weighted by Gasteiger charge is 2.38. The van der Waals surface area contributed by atoms with Gasteiger partial charge in [0.15, 0.2) is 5.82 Å². The van der Waals surface area contributed by atoms with E-state index in [-0.39, 0.29) is 40.0 Å². The van der Waals surface area contributed by atoms with Crippen molar-refractivity contribution < 1.29 is 23.1 Å². The second-order valence-corrected chi connectivity index (χ2v) is 11.8. The Hall–Kier alpha value is -3.60. The third-order valence-electron chi connectivity index (χ3n) is 7.24. The van der Waals surface area contributed by atoms with Gasteiger partial charge in [0, 0.05) is 11.8 Å². The number of esters is 1. The molecule has 0 spiro atoms. The van der Waals surface area contributed by atoms with Crippen LogP contribution in [0.5, 0.6) is 0 Å². The number of halogens is 1. The van der Waals surface area contributed by atoms with Crippen molar-refractivity contribution in [2.24, 2.45) is 0 Å². The van der Waals surface area contributed by atoms with Crippen molar-refractivity contribution in [3.63, 3.8) is 0 Å². The maximum absolute atomic E-state index is 15.7. The van der Waals surface area contributed by atoms with Gasteiger partial charge >= 0.3 is 5.97 Å². The molecule has 2 aromatic carbocycles. The molecule has 212 valence electrons. The van der Waals surface area contributed by atoms with Gasteiger partial charge in [0.25, 0.3) is 16.8 Å². The van der Waals surface area contributed by atoms with Crippen molar-refractivity contribution in [3.8, 4) is 0 Å². The number of benzene rings is 1. The lowest BCUT2D eigenvalue weighted by atomic mass is 10.0. The molecule has 40 heavy (non-hydrogen) atoms. The van der Waals surface area contributed by atoms with Gasteiger partial charge in [-0.1, -0.05) is 6.07 Å². The average Bonchev–Trinajstić information content (AvgIpc) is 3.70. The van der Waals surface area contributed by atoms with Gasteiger partial charge in [-0.15, -0.1) is 0 Å². The van der Waals surface area contributed by atoms with E-state index in [1.807, 2.05) is 19.1 Å². The molecular weight excluding hydrogens is 537 g/mol. The van der Waals surface area contributed by atoms with Gasteiger partial charge in [-0.05, 0) is 76.5 Å². The van der Waals surface area contributed by atoms with Crippen molar-refractivity contribution in [1.29, 1.82) is 0 Å².